The van der Waals surface area contributed by atoms with Crippen LogP contribution in [0.2, 0.25) is 0 Å². The maximum atomic E-state index is 13.1. The van der Waals surface area contributed by atoms with Gasteiger partial charge in [0.2, 0.25) is 0 Å². The van der Waals surface area contributed by atoms with E-state index < -0.39 is 0 Å². The molecule has 0 fully saturated rings. The van der Waals surface area contributed by atoms with Crippen molar-refractivity contribution in [2.24, 2.45) is 0 Å². The van der Waals surface area contributed by atoms with Gasteiger partial charge in [0.25, 0.3) is 5.91 Å². The first-order valence-electron chi connectivity index (χ1n) is 8.96. The quantitative estimate of drug-likeness (QED) is 0.596. The van der Waals surface area contributed by atoms with Crippen LogP contribution in [0.25, 0.3) is 11.6 Å². The van der Waals surface area contributed by atoms with Crippen molar-refractivity contribution in [2.45, 2.75) is 19.4 Å². The molecule has 1 atom stereocenters. The summed E-state index contributed by atoms with van der Waals surface area (Å²) in [6.45, 7) is 2.05. The van der Waals surface area contributed by atoms with Crippen LogP contribution in [0.4, 0.5) is 0 Å². The minimum Gasteiger partial charge on any atom is -0.497 e. The van der Waals surface area contributed by atoms with Crippen LogP contribution in [-0.4, -0.2) is 13.0 Å². The smallest absolute Gasteiger partial charge is 0.252 e. The first-order valence-corrected chi connectivity index (χ1v) is 8.96. The third-order valence-electron chi connectivity index (χ3n) is 4.39. The van der Waals surface area contributed by atoms with E-state index in [0.29, 0.717) is 11.3 Å². The van der Waals surface area contributed by atoms with Crippen LogP contribution < -0.4 is 10.1 Å². The fraction of sp³-hybridized carbons (Fsp3) is 0.174. The first kappa shape index (κ1) is 18.5. The predicted octanol–water partition coefficient (Wildman–Crippen LogP) is 5.10. The van der Waals surface area contributed by atoms with Gasteiger partial charge in [0.1, 0.15) is 11.5 Å². The summed E-state index contributed by atoms with van der Waals surface area (Å²) in [4.78, 5) is 13.1. The Morgan fingerprint density at radius 1 is 1.07 bits per heavy atom. The molecule has 138 valence electrons. The molecule has 27 heavy (non-hydrogen) atoms. The van der Waals surface area contributed by atoms with Gasteiger partial charge in [-0.3, -0.25) is 4.79 Å². The highest BCUT2D eigenvalue weighted by Crippen LogP contribution is 2.23. The van der Waals surface area contributed by atoms with Crippen molar-refractivity contribution in [1.29, 1.82) is 0 Å². The van der Waals surface area contributed by atoms with E-state index in [0.717, 1.165) is 23.3 Å². The zero-order chi connectivity index (χ0) is 19.1. The molecule has 0 aliphatic rings. The lowest BCUT2D eigenvalue weighted by Crippen LogP contribution is -2.28. The van der Waals surface area contributed by atoms with Crippen LogP contribution in [0.5, 0.6) is 5.75 Å². The van der Waals surface area contributed by atoms with Crippen molar-refractivity contribution in [3.8, 4) is 5.75 Å². The first-order chi connectivity index (χ1) is 13.2. The van der Waals surface area contributed by atoms with E-state index >= 15 is 0 Å². The van der Waals surface area contributed by atoms with Gasteiger partial charge >= 0.3 is 0 Å². The number of carbonyl (C=O) groups is 1. The second-order valence-corrected chi connectivity index (χ2v) is 6.15. The molecule has 0 saturated carbocycles. The molecule has 0 aliphatic heterocycles. The van der Waals surface area contributed by atoms with Gasteiger partial charge in [0, 0.05) is 0 Å². The molecule has 4 heteroatoms. The van der Waals surface area contributed by atoms with Crippen molar-refractivity contribution in [3.63, 3.8) is 0 Å². The Balaban J connectivity index is 1.86. The van der Waals surface area contributed by atoms with Gasteiger partial charge in [-0.25, -0.2) is 0 Å². The summed E-state index contributed by atoms with van der Waals surface area (Å²) in [5, 5.41) is 3.14. The number of furan rings is 1. The number of hydrogen-bond donors (Lipinski definition) is 1. The zero-order valence-corrected chi connectivity index (χ0v) is 15.5. The summed E-state index contributed by atoms with van der Waals surface area (Å²) in [6, 6.07) is 20.9. The van der Waals surface area contributed by atoms with Crippen LogP contribution in [0.15, 0.2) is 77.4 Å². The number of hydrogen-bond acceptors (Lipinski definition) is 3. The molecule has 4 nitrogen and oxygen atoms in total. The van der Waals surface area contributed by atoms with Gasteiger partial charge in [0.15, 0.2) is 0 Å². The normalized spacial score (nSPS) is 12.4. The molecule has 1 aromatic heterocycles. The molecule has 0 bridgehead atoms. The van der Waals surface area contributed by atoms with E-state index in [4.69, 9.17) is 9.15 Å². The number of rotatable bonds is 7. The molecule has 3 rings (SSSR count). The molecule has 1 N–H and O–H groups in total. The van der Waals surface area contributed by atoms with E-state index in [1.807, 2.05) is 67.6 Å². The Morgan fingerprint density at radius 2 is 1.81 bits per heavy atom. The molecule has 0 spiro atoms. The standard InChI is InChI=1S/C23H23NO3/c1-3-22(18-11-13-19(26-2)14-12-18)24-23(25)21(16-20-10-7-15-27-20)17-8-5-4-6-9-17/h4-16,22H,3H2,1-2H3,(H,24,25)/b21-16+/t22-/m1/s1. The Kier molecular flexibility index (Phi) is 6.10. The molecular formula is C23H23NO3. The van der Waals surface area contributed by atoms with Crippen LogP contribution in [0, 0.1) is 0 Å². The lowest BCUT2D eigenvalue weighted by Gasteiger charge is -2.19. The maximum Gasteiger partial charge on any atom is 0.252 e. The number of ether oxygens (including phenoxy) is 1. The van der Waals surface area contributed by atoms with Crippen molar-refractivity contribution < 1.29 is 13.9 Å². The van der Waals surface area contributed by atoms with Gasteiger partial charge < -0.3 is 14.5 Å². The third kappa shape index (κ3) is 4.67. The van der Waals surface area contributed by atoms with Crippen molar-refractivity contribution in [2.75, 3.05) is 7.11 Å². The average molecular weight is 361 g/mol. The van der Waals surface area contributed by atoms with E-state index in [9.17, 15) is 4.79 Å². The van der Waals surface area contributed by atoms with Crippen LogP contribution in [0.1, 0.15) is 36.3 Å². The third-order valence-corrected chi connectivity index (χ3v) is 4.39. The van der Waals surface area contributed by atoms with Crippen molar-refractivity contribution in [3.05, 3.63) is 89.9 Å². The number of nitrogens with one attached hydrogen (secondary N) is 1. The highest BCUT2D eigenvalue weighted by Gasteiger charge is 2.18. The molecular weight excluding hydrogens is 338 g/mol. The lowest BCUT2D eigenvalue weighted by molar-refractivity contribution is -0.116. The SMILES string of the molecule is CC[C@@H](NC(=O)/C(=C/c1ccco1)c1ccccc1)c1ccc(OC)cc1. The highest BCUT2D eigenvalue weighted by molar-refractivity contribution is 6.24. The highest BCUT2D eigenvalue weighted by atomic mass is 16.5. The van der Waals surface area contributed by atoms with Crippen molar-refractivity contribution in [1.82, 2.24) is 5.32 Å². The summed E-state index contributed by atoms with van der Waals surface area (Å²) in [7, 11) is 1.64. The second kappa shape index (κ2) is 8.90. The average Bonchev–Trinajstić information content (AvgIpc) is 3.24. The Hall–Kier alpha value is -3.27. The van der Waals surface area contributed by atoms with E-state index in [2.05, 4.69) is 5.32 Å². The maximum absolute atomic E-state index is 13.1. The fourth-order valence-electron chi connectivity index (χ4n) is 2.91. The minimum absolute atomic E-state index is 0.0906. The van der Waals surface area contributed by atoms with Gasteiger partial charge in [-0.2, -0.15) is 0 Å². The summed E-state index contributed by atoms with van der Waals surface area (Å²) in [5.74, 6) is 1.30. The Labute approximate surface area is 159 Å². The molecule has 2 aromatic carbocycles. The largest absolute Gasteiger partial charge is 0.497 e. The molecule has 3 aromatic rings. The zero-order valence-electron chi connectivity index (χ0n) is 15.5. The molecule has 1 amide bonds. The number of carbonyl (C=O) groups excluding carboxylic acids is 1. The van der Waals surface area contributed by atoms with E-state index in [1.165, 1.54) is 0 Å². The van der Waals surface area contributed by atoms with Crippen molar-refractivity contribution >= 4 is 17.6 Å². The summed E-state index contributed by atoms with van der Waals surface area (Å²) in [6.07, 6.45) is 4.14. The second-order valence-electron chi connectivity index (χ2n) is 6.15. The topological polar surface area (TPSA) is 51.5 Å². The summed E-state index contributed by atoms with van der Waals surface area (Å²) >= 11 is 0. The Bertz CT molecular complexity index is 881. The van der Waals surface area contributed by atoms with E-state index in [-0.39, 0.29) is 11.9 Å². The van der Waals surface area contributed by atoms with E-state index in [1.54, 1.807) is 25.5 Å². The molecule has 0 saturated heterocycles. The van der Waals surface area contributed by atoms with Gasteiger partial charge in [0.05, 0.1) is 25.0 Å². The number of methoxy groups -OCH3 is 1. The predicted molar refractivity (Wildman–Crippen MR) is 107 cm³/mol. The summed E-state index contributed by atoms with van der Waals surface area (Å²) < 4.78 is 10.6. The van der Waals surface area contributed by atoms with Gasteiger partial charge in [-0.05, 0) is 47.9 Å². The number of benzene rings is 2. The van der Waals surface area contributed by atoms with Crippen LogP contribution in [0.3, 0.4) is 0 Å². The van der Waals surface area contributed by atoms with Gasteiger partial charge in [-0.1, -0.05) is 49.4 Å². The Morgan fingerprint density at radius 3 is 2.41 bits per heavy atom. The molecule has 0 radical (unpaired) electrons. The minimum atomic E-state index is -0.139. The molecule has 0 unspecified atom stereocenters. The summed E-state index contributed by atoms with van der Waals surface area (Å²) in [5.41, 5.74) is 2.45. The molecule has 0 aliphatic carbocycles. The lowest BCUT2D eigenvalue weighted by atomic mass is 10.0. The fourth-order valence-corrected chi connectivity index (χ4v) is 2.91. The monoisotopic (exact) mass is 361 g/mol. The number of amides is 1. The van der Waals surface area contributed by atoms with Crippen LogP contribution >= 0.6 is 0 Å². The van der Waals surface area contributed by atoms with Crippen LogP contribution in [-0.2, 0) is 4.79 Å². The molecule has 1 heterocycles. The van der Waals surface area contributed by atoms with Gasteiger partial charge in [-0.15, -0.1) is 0 Å².